The third kappa shape index (κ3) is 3.74. The van der Waals surface area contributed by atoms with Crippen molar-refractivity contribution in [2.24, 2.45) is 0 Å². The van der Waals surface area contributed by atoms with Gasteiger partial charge in [0, 0.05) is 41.4 Å². The molecular weight excluding hydrogens is 260 g/mol. The second kappa shape index (κ2) is 5.77. The SMILES string of the molecule is O=S1CCN(S(=O)(=O)CC2CCCCN2)CC1. The first kappa shape index (κ1) is 13.5. The van der Waals surface area contributed by atoms with Gasteiger partial charge in [-0.25, -0.2) is 12.7 Å². The maximum atomic E-state index is 12.1. The number of piperidine rings is 1. The standard InChI is InChI=1S/C10H20N2O3S2/c13-16-7-5-12(6-8-16)17(14,15)9-10-3-1-2-4-11-10/h10-11H,1-9H2. The van der Waals surface area contributed by atoms with Crippen molar-refractivity contribution in [1.82, 2.24) is 9.62 Å². The first-order chi connectivity index (χ1) is 8.08. The summed E-state index contributed by atoms with van der Waals surface area (Å²) in [5.41, 5.74) is 0. The van der Waals surface area contributed by atoms with Crippen molar-refractivity contribution in [3.05, 3.63) is 0 Å². The van der Waals surface area contributed by atoms with Gasteiger partial charge in [-0.15, -0.1) is 0 Å². The quantitative estimate of drug-likeness (QED) is 0.758. The minimum absolute atomic E-state index is 0.0983. The van der Waals surface area contributed by atoms with E-state index >= 15 is 0 Å². The molecule has 2 rings (SSSR count). The van der Waals surface area contributed by atoms with E-state index < -0.39 is 20.8 Å². The molecule has 0 radical (unpaired) electrons. The molecule has 17 heavy (non-hydrogen) atoms. The summed E-state index contributed by atoms with van der Waals surface area (Å²) in [4.78, 5) is 0. The Bertz CT molecular complexity index is 367. The monoisotopic (exact) mass is 280 g/mol. The van der Waals surface area contributed by atoms with E-state index in [1.807, 2.05) is 0 Å². The van der Waals surface area contributed by atoms with Crippen LogP contribution in [0, 0.1) is 0 Å². The van der Waals surface area contributed by atoms with Gasteiger partial charge in [0.2, 0.25) is 10.0 Å². The molecule has 0 aromatic rings. The average Bonchev–Trinajstić information content (AvgIpc) is 2.30. The van der Waals surface area contributed by atoms with Crippen LogP contribution in [-0.4, -0.2) is 59.9 Å². The number of nitrogens with one attached hydrogen (secondary N) is 1. The highest BCUT2D eigenvalue weighted by Gasteiger charge is 2.29. The summed E-state index contributed by atoms with van der Waals surface area (Å²) in [6, 6.07) is 0.0983. The minimum atomic E-state index is -3.17. The molecule has 2 saturated heterocycles. The summed E-state index contributed by atoms with van der Waals surface area (Å²) >= 11 is 0. The van der Waals surface area contributed by atoms with Crippen LogP contribution >= 0.6 is 0 Å². The van der Waals surface area contributed by atoms with E-state index in [0.717, 1.165) is 25.8 Å². The van der Waals surface area contributed by atoms with Gasteiger partial charge >= 0.3 is 0 Å². The Balaban J connectivity index is 1.91. The van der Waals surface area contributed by atoms with Gasteiger partial charge in [0.05, 0.1) is 5.75 Å². The van der Waals surface area contributed by atoms with E-state index in [0.29, 0.717) is 24.6 Å². The third-order valence-electron chi connectivity index (χ3n) is 3.35. The molecule has 0 spiro atoms. The van der Waals surface area contributed by atoms with E-state index in [4.69, 9.17) is 0 Å². The van der Waals surface area contributed by atoms with Crippen LogP contribution in [0.2, 0.25) is 0 Å². The summed E-state index contributed by atoms with van der Waals surface area (Å²) in [5.74, 6) is 1.16. The predicted molar refractivity (Wildman–Crippen MR) is 68.9 cm³/mol. The fourth-order valence-corrected chi connectivity index (χ4v) is 5.35. The second-order valence-electron chi connectivity index (χ2n) is 4.67. The number of hydrogen-bond donors (Lipinski definition) is 1. The Morgan fingerprint density at radius 1 is 1.24 bits per heavy atom. The molecule has 5 nitrogen and oxygen atoms in total. The van der Waals surface area contributed by atoms with Gasteiger partial charge < -0.3 is 5.32 Å². The lowest BCUT2D eigenvalue weighted by atomic mass is 10.1. The Kier molecular flexibility index (Phi) is 4.57. The Morgan fingerprint density at radius 3 is 2.53 bits per heavy atom. The maximum absolute atomic E-state index is 12.1. The van der Waals surface area contributed by atoms with Crippen LogP contribution < -0.4 is 5.32 Å². The lowest BCUT2D eigenvalue weighted by Crippen LogP contribution is -2.47. The van der Waals surface area contributed by atoms with Crippen LogP contribution in [-0.2, 0) is 20.8 Å². The summed E-state index contributed by atoms with van der Waals surface area (Å²) < 4.78 is 37.0. The predicted octanol–water partition coefficient (Wildman–Crippen LogP) is -0.477. The molecule has 1 unspecified atom stereocenters. The molecule has 0 aliphatic carbocycles. The van der Waals surface area contributed by atoms with Crippen LogP contribution in [0.15, 0.2) is 0 Å². The zero-order valence-corrected chi connectivity index (χ0v) is 11.6. The van der Waals surface area contributed by atoms with Gasteiger partial charge in [-0.05, 0) is 19.4 Å². The van der Waals surface area contributed by atoms with Crippen LogP contribution in [0.4, 0.5) is 0 Å². The van der Waals surface area contributed by atoms with Gasteiger partial charge in [0.15, 0.2) is 0 Å². The summed E-state index contributed by atoms with van der Waals surface area (Å²) in [6.45, 7) is 1.76. The van der Waals surface area contributed by atoms with E-state index in [1.54, 1.807) is 0 Å². The molecule has 0 aromatic carbocycles. The molecule has 2 aliphatic heterocycles. The lowest BCUT2D eigenvalue weighted by molar-refractivity contribution is 0.400. The number of rotatable bonds is 3. The number of sulfonamides is 1. The molecule has 1 N–H and O–H groups in total. The molecule has 2 heterocycles. The van der Waals surface area contributed by atoms with Crippen LogP contribution in [0.5, 0.6) is 0 Å². The van der Waals surface area contributed by atoms with Crippen molar-refractivity contribution in [2.45, 2.75) is 25.3 Å². The maximum Gasteiger partial charge on any atom is 0.215 e. The first-order valence-electron chi connectivity index (χ1n) is 6.14. The topological polar surface area (TPSA) is 66.5 Å². The zero-order chi connectivity index (χ0) is 12.3. The van der Waals surface area contributed by atoms with E-state index in [1.165, 1.54) is 4.31 Å². The van der Waals surface area contributed by atoms with Crippen molar-refractivity contribution in [1.29, 1.82) is 0 Å². The summed E-state index contributed by atoms with van der Waals surface area (Å²) in [5, 5.41) is 3.26. The smallest absolute Gasteiger partial charge is 0.215 e. The van der Waals surface area contributed by atoms with Crippen molar-refractivity contribution in [3.63, 3.8) is 0 Å². The molecule has 7 heteroatoms. The number of hydrogen-bond acceptors (Lipinski definition) is 4. The van der Waals surface area contributed by atoms with Gasteiger partial charge in [0.1, 0.15) is 0 Å². The Labute approximate surface area is 105 Å². The van der Waals surface area contributed by atoms with Gasteiger partial charge in [0.25, 0.3) is 0 Å². The molecule has 0 aromatic heterocycles. The van der Waals surface area contributed by atoms with Crippen molar-refractivity contribution >= 4 is 20.8 Å². The Hall–Kier alpha value is 0.0200. The first-order valence-corrected chi connectivity index (χ1v) is 9.24. The number of nitrogens with zero attached hydrogens (tertiary/aromatic N) is 1. The van der Waals surface area contributed by atoms with Gasteiger partial charge in [-0.3, -0.25) is 4.21 Å². The highest BCUT2D eigenvalue weighted by atomic mass is 32.2. The van der Waals surface area contributed by atoms with Crippen LogP contribution in [0.3, 0.4) is 0 Å². The van der Waals surface area contributed by atoms with Crippen LogP contribution in [0.25, 0.3) is 0 Å². The highest BCUT2D eigenvalue weighted by Crippen LogP contribution is 2.13. The largest absolute Gasteiger partial charge is 0.313 e. The van der Waals surface area contributed by atoms with Gasteiger partial charge in [-0.1, -0.05) is 6.42 Å². The summed E-state index contributed by atoms with van der Waals surface area (Å²) in [6.07, 6.45) is 3.19. The fourth-order valence-electron chi connectivity index (χ4n) is 2.33. The molecule has 0 bridgehead atoms. The Morgan fingerprint density at radius 2 is 1.94 bits per heavy atom. The van der Waals surface area contributed by atoms with Crippen molar-refractivity contribution in [3.8, 4) is 0 Å². The highest BCUT2D eigenvalue weighted by molar-refractivity contribution is 7.89. The van der Waals surface area contributed by atoms with Gasteiger partial charge in [-0.2, -0.15) is 0 Å². The average molecular weight is 280 g/mol. The van der Waals surface area contributed by atoms with Crippen molar-refractivity contribution in [2.75, 3.05) is 36.9 Å². The molecule has 0 saturated carbocycles. The fraction of sp³-hybridized carbons (Fsp3) is 1.00. The van der Waals surface area contributed by atoms with E-state index in [-0.39, 0.29) is 11.8 Å². The third-order valence-corrected chi connectivity index (χ3v) is 6.61. The van der Waals surface area contributed by atoms with E-state index in [2.05, 4.69) is 5.32 Å². The molecule has 1 atom stereocenters. The van der Waals surface area contributed by atoms with Crippen LogP contribution in [0.1, 0.15) is 19.3 Å². The molecule has 2 aliphatic rings. The lowest BCUT2D eigenvalue weighted by Gasteiger charge is -2.29. The minimum Gasteiger partial charge on any atom is -0.313 e. The molecule has 100 valence electrons. The van der Waals surface area contributed by atoms with Crippen molar-refractivity contribution < 1.29 is 12.6 Å². The molecule has 2 fully saturated rings. The normalized spacial score (nSPS) is 29.3. The zero-order valence-electron chi connectivity index (χ0n) is 9.93. The molecule has 0 amide bonds. The molecular formula is C10H20N2O3S2. The van der Waals surface area contributed by atoms with E-state index in [9.17, 15) is 12.6 Å². The summed E-state index contributed by atoms with van der Waals surface area (Å²) in [7, 11) is -3.99. The second-order valence-corrected chi connectivity index (χ2v) is 8.38.